The quantitative estimate of drug-likeness (QED) is 0.817. The summed E-state index contributed by atoms with van der Waals surface area (Å²) in [6, 6.07) is -0.166. The first-order valence-corrected chi connectivity index (χ1v) is 5.36. The summed E-state index contributed by atoms with van der Waals surface area (Å²) in [5, 5.41) is 3.96. The second-order valence-electron chi connectivity index (χ2n) is 4.02. The summed E-state index contributed by atoms with van der Waals surface area (Å²) in [7, 11) is 1.69. The second kappa shape index (κ2) is 3.90. The Kier molecular flexibility index (Phi) is 2.75. The third kappa shape index (κ3) is 1.66. The van der Waals surface area contributed by atoms with Crippen molar-refractivity contribution in [1.82, 2.24) is 10.1 Å². The number of hydrogen-bond donors (Lipinski definition) is 1. The molecular formula is C10H17N3O2. The predicted octanol–water partition coefficient (Wildman–Crippen LogP) is 1.51. The van der Waals surface area contributed by atoms with Gasteiger partial charge in [0.1, 0.15) is 5.60 Å². The Morgan fingerprint density at radius 2 is 2.33 bits per heavy atom. The van der Waals surface area contributed by atoms with E-state index in [0.29, 0.717) is 11.7 Å². The van der Waals surface area contributed by atoms with Crippen LogP contribution in [0.25, 0.3) is 0 Å². The van der Waals surface area contributed by atoms with E-state index in [1.165, 1.54) is 0 Å². The van der Waals surface area contributed by atoms with Crippen LogP contribution in [0.1, 0.15) is 50.4 Å². The Hall–Kier alpha value is -0.940. The van der Waals surface area contributed by atoms with Gasteiger partial charge in [0.15, 0.2) is 0 Å². The minimum absolute atomic E-state index is 0.166. The van der Waals surface area contributed by atoms with Crippen LogP contribution < -0.4 is 5.73 Å². The topological polar surface area (TPSA) is 74.2 Å². The van der Waals surface area contributed by atoms with Crippen molar-refractivity contribution in [2.45, 2.75) is 44.2 Å². The maximum Gasteiger partial charge on any atom is 0.243 e. The third-order valence-electron chi connectivity index (χ3n) is 3.16. The zero-order chi connectivity index (χ0) is 10.9. The van der Waals surface area contributed by atoms with E-state index < -0.39 is 0 Å². The lowest BCUT2D eigenvalue weighted by Crippen LogP contribution is -2.37. The SMILES string of the molecule is CCC(N)c1nc(C2(OC)CCC2)no1. The Labute approximate surface area is 89.0 Å². The van der Waals surface area contributed by atoms with Crippen LogP contribution in [0.15, 0.2) is 4.52 Å². The molecule has 1 unspecified atom stereocenters. The van der Waals surface area contributed by atoms with Gasteiger partial charge in [-0.25, -0.2) is 0 Å². The molecule has 0 spiro atoms. The summed E-state index contributed by atoms with van der Waals surface area (Å²) in [4.78, 5) is 4.32. The van der Waals surface area contributed by atoms with E-state index in [4.69, 9.17) is 15.0 Å². The van der Waals surface area contributed by atoms with Crippen molar-refractivity contribution in [2.24, 2.45) is 5.73 Å². The number of hydrogen-bond acceptors (Lipinski definition) is 5. The van der Waals surface area contributed by atoms with E-state index >= 15 is 0 Å². The number of methoxy groups -OCH3 is 1. The monoisotopic (exact) mass is 211 g/mol. The number of aromatic nitrogens is 2. The van der Waals surface area contributed by atoms with Crippen LogP contribution >= 0.6 is 0 Å². The highest BCUT2D eigenvalue weighted by molar-refractivity contribution is 5.07. The molecule has 5 nitrogen and oxygen atoms in total. The molecule has 1 aromatic heterocycles. The van der Waals surface area contributed by atoms with Crippen molar-refractivity contribution in [2.75, 3.05) is 7.11 Å². The maximum atomic E-state index is 5.81. The van der Waals surface area contributed by atoms with Gasteiger partial charge in [-0.05, 0) is 25.7 Å². The Bertz CT molecular complexity index is 328. The van der Waals surface area contributed by atoms with Crippen molar-refractivity contribution < 1.29 is 9.26 Å². The lowest BCUT2D eigenvalue weighted by Gasteiger charge is -2.37. The van der Waals surface area contributed by atoms with Gasteiger partial charge in [-0.15, -0.1) is 0 Å². The molecule has 0 aliphatic heterocycles. The van der Waals surface area contributed by atoms with Gasteiger partial charge >= 0.3 is 0 Å². The molecule has 0 bridgehead atoms. The van der Waals surface area contributed by atoms with Crippen LogP contribution in [-0.2, 0) is 10.3 Å². The summed E-state index contributed by atoms with van der Waals surface area (Å²) in [5.74, 6) is 1.16. The highest BCUT2D eigenvalue weighted by Crippen LogP contribution is 2.42. The summed E-state index contributed by atoms with van der Waals surface area (Å²) >= 11 is 0. The van der Waals surface area contributed by atoms with Crippen LogP contribution in [0.4, 0.5) is 0 Å². The van der Waals surface area contributed by atoms with Crippen molar-refractivity contribution >= 4 is 0 Å². The average Bonchev–Trinajstić information content (AvgIpc) is 2.65. The first kappa shape index (κ1) is 10.6. The molecule has 0 saturated heterocycles. The first-order chi connectivity index (χ1) is 7.22. The fourth-order valence-electron chi connectivity index (χ4n) is 1.76. The highest BCUT2D eigenvalue weighted by Gasteiger charge is 2.43. The first-order valence-electron chi connectivity index (χ1n) is 5.36. The Morgan fingerprint density at radius 3 is 2.80 bits per heavy atom. The van der Waals surface area contributed by atoms with Gasteiger partial charge in [0.05, 0.1) is 6.04 Å². The molecule has 84 valence electrons. The lowest BCUT2D eigenvalue weighted by molar-refractivity contribution is -0.0858. The largest absolute Gasteiger partial charge is 0.370 e. The number of nitrogens with two attached hydrogens (primary N) is 1. The summed E-state index contributed by atoms with van der Waals surface area (Å²) in [5.41, 5.74) is 5.50. The zero-order valence-electron chi connectivity index (χ0n) is 9.19. The van der Waals surface area contributed by atoms with Gasteiger partial charge in [0.25, 0.3) is 0 Å². The van der Waals surface area contributed by atoms with Crippen molar-refractivity contribution in [1.29, 1.82) is 0 Å². The second-order valence-corrected chi connectivity index (χ2v) is 4.02. The van der Waals surface area contributed by atoms with Gasteiger partial charge < -0.3 is 15.0 Å². The molecule has 5 heteroatoms. The van der Waals surface area contributed by atoms with E-state index in [9.17, 15) is 0 Å². The molecule has 2 N–H and O–H groups in total. The van der Waals surface area contributed by atoms with E-state index in [1.54, 1.807) is 7.11 Å². The molecule has 2 rings (SSSR count). The minimum atomic E-state index is -0.310. The lowest BCUT2D eigenvalue weighted by atomic mass is 9.79. The fraction of sp³-hybridized carbons (Fsp3) is 0.800. The van der Waals surface area contributed by atoms with Crippen LogP contribution in [0.5, 0.6) is 0 Å². The average molecular weight is 211 g/mol. The molecule has 1 aromatic rings. The standard InChI is InChI=1S/C10H17N3O2/c1-3-7(11)8-12-9(13-15-8)10(14-2)5-4-6-10/h7H,3-6,11H2,1-2H3. The molecule has 1 saturated carbocycles. The van der Waals surface area contributed by atoms with Crippen molar-refractivity contribution in [3.8, 4) is 0 Å². The summed E-state index contributed by atoms with van der Waals surface area (Å²) in [6.45, 7) is 1.99. The molecule has 1 aliphatic rings. The fourth-order valence-corrected chi connectivity index (χ4v) is 1.76. The molecule has 0 radical (unpaired) electrons. The molecule has 1 aliphatic carbocycles. The molecule has 1 atom stereocenters. The Morgan fingerprint density at radius 1 is 1.60 bits per heavy atom. The van der Waals surface area contributed by atoms with Crippen LogP contribution in [0.2, 0.25) is 0 Å². The van der Waals surface area contributed by atoms with Gasteiger partial charge in [0.2, 0.25) is 11.7 Å². The number of ether oxygens (including phenoxy) is 1. The molecule has 0 amide bonds. The van der Waals surface area contributed by atoms with E-state index in [1.807, 2.05) is 6.92 Å². The number of rotatable bonds is 4. The molecule has 1 fully saturated rings. The molecule has 1 heterocycles. The smallest absolute Gasteiger partial charge is 0.243 e. The minimum Gasteiger partial charge on any atom is -0.370 e. The highest BCUT2D eigenvalue weighted by atomic mass is 16.5. The van der Waals surface area contributed by atoms with Gasteiger partial charge in [-0.2, -0.15) is 4.98 Å². The number of nitrogens with zero attached hydrogens (tertiary/aromatic N) is 2. The predicted molar refractivity (Wildman–Crippen MR) is 54.1 cm³/mol. The van der Waals surface area contributed by atoms with Crippen LogP contribution in [0.3, 0.4) is 0 Å². The van der Waals surface area contributed by atoms with Crippen molar-refractivity contribution in [3.05, 3.63) is 11.7 Å². The third-order valence-corrected chi connectivity index (χ3v) is 3.16. The van der Waals surface area contributed by atoms with Crippen LogP contribution in [-0.4, -0.2) is 17.3 Å². The molecule has 15 heavy (non-hydrogen) atoms. The molecule has 0 aromatic carbocycles. The van der Waals surface area contributed by atoms with Crippen molar-refractivity contribution in [3.63, 3.8) is 0 Å². The van der Waals surface area contributed by atoms with Gasteiger partial charge in [0, 0.05) is 7.11 Å². The van der Waals surface area contributed by atoms with Gasteiger partial charge in [-0.3, -0.25) is 0 Å². The normalized spacial score (nSPS) is 21.0. The van der Waals surface area contributed by atoms with E-state index in [2.05, 4.69) is 10.1 Å². The summed E-state index contributed by atoms with van der Waals surface area (Å²) in [6.07, 6.45) is 3.87. The van der Waals surface area contributed by atoms with E-state index in [-0.39, 0.29) is 11.6 Å². The van der Waals surface area contributed by atoms with Crippen LogP contribution in [0, 0.1) is 0 Å². The molecular weight excluding hydrogens is 194 g/mol. The maximum absolute atomic E-state index is 5.81. The Balaban J connectivity index is 2.19. The zero-order valence-corrected chi connectivity index (χ0v) is 9.19. The van der Waals surface area contributed by atoms with E-state index in [0.717, 1.165) is 25.7 Å². The summed E-state index contributed by atoms with van der Waals surface area (Å²) < 4.78 is 10.6. The van der Waals surface area contributed by atoms with Gasteiger partial charge in [-0.1, -0.05) is 12.1 Å².